The number of aromatic carboxylic acids is 1. The van der Waals surface area contributed by atoms with Gasteiger partial charge in [-0.2, -0.15) is 13.2 Å². The molecular weight excluding hydrogens is 325 g/mol. The lowest BCUT2D eigenvalue weighted by atomic mass is 10.1. The fraction of sp³-hybridized carbons (Fsp3) is 0.0625. The summed E-state index contributed by atoms with van der Waals surface area (Å²) in [5.74, 6) is -0.847. The Morgan fingerprint density at radius 3 is 1.75 bits per heavy atom. The average Bonchev–Trinajstić information content (AvgIpc) is 3.04. The van der Waals surface area contributed by atoms with Crippen LogP contribution in [0.1, 0.15) is 15.9 Å². The van der Waals surface area contributed by atoms with Crippen LogP contribution in [0.5, 0.6) is 0 Å². The molecule has 8 heteroatoms. The zero-order chi connectivity index (χ0) is 17.3. The largest absolute Gasteiger partial charge is 0.478 e. The number of halogens is 3. The van der Waals surface area contributed by atoms with E-state index in [1.165, 1.54) is 36.4 Å². The van der Waals surface area contributed by atoms with Crippen LogP contribution in [0.15, 0.2) is 52.9 Å². The summed E-state index contributed by atoms with van der Waals surface area (Å²) in [6, 6.07) is 10.1. The molecule has 0 saturated carbocycles. The van der Waals surface area contributed by atoms with E-state index in [-0.39, 0.29) is 17.3 Å². The number of hydrogen-bond donors (Lipinski definition) is 1. The van der Waals surface area contributed by atoms with Gasteiger partial charge in [0.2, 0.25) is 11.8 Å². The smallest absolute Gasteiger partial charge is 0.416 e. The van der Waals surface area contributed by atoms with Crippen molar-refractivity contribution in [2.24, 2.45) is 0 Å². The molecule has 0 aliphatic carbocycles. The van der Waals surface area contributed by atoms with E-state index in [2.05, 4.69) is 10.2 Å². The van der Waals surface area contributed by atoms with Gasteiger partial charge in [-0.15, -0.1) is 10.2 Å². The van der Waals surface area contributed by atoms with E-state index >= 15 is 0 Å². The van der Waals surface area contributed by atoms with Gasteiger partial charge in [0, 0.05) is 11.1 Å². The van der Waals surface area contributed by atoms with Gasteiger partial charge in [0.15, 0.2) is 0 Å². The lowest BCUT2D eigenvalue weighted by Gasteiger charge is -2.05. The van der Waals surface area contributed by atoms with Crippen LogP contribution in [0, 0.1) is 0 Å². The molecular formula is C16H9F3N2O3. The first-order valence-electron chi connectivity index (χ1n) is 6.69. The van der Waals surface area contributed by atoms with Crippen molar-refractivity contribution in [1.29, 1.82) is 0 Å². The summed E-state index contributed by atoms with van der Waals surface area (Å²) >= 11 is 0. The minimum absolute atomic E-state index is 0.0704. The Bertz CT molecular complexity index is 869. The highest BCUT2D eigenvalue weighted by molar-refractivity contribution is 5.88. The van der Waals surface area contributed by atoms with Gasteiger partial charge in [-0.1, -0.05) is 0 Å². The molecule has 0 spiro atoms. The van der Waals surface area contributed by atoms with Crippen molar-refractivity contribution in [3.05, 3.63) is 59.7 Å². The van der Waals surface area contributed by atoms with Gasteiger partial charge in [0.05, 0.1) is 11.1 Å². The predicted octanol–water partition coefficient (Wildman–Crippen LogP) is 4.12. The molecule has 0 saturated heterocycles. The van der Waals surface area contributed by atoms with Crippen molar-refractivity contribution in [2.75, 3.05) is 0 Å². The van der Waals surface area contributed by atoms with Gasteiger partial charge in [0.1, 0.15) is 0 Å². The second-order valence-corrected chi connectivity index (χ2v) is 4.87. The Hall–Kier alpha value is -3.16. The maximum atomic E-state index is 12.5. The standard InChI is InChI=1S/C16H9F3N2O3/c17-16(18,19)12-7-5-10(6-8-12)14-21-20-13(24-14)9-1-3-11(4-2-9)15(22)23/h1-8H,(H,22,23). The van der Waals surface area contributed by atoms with Crippen molar-refractivity contribution in [1.82, 2.24) is 10.2 Å². The number of aromatic nitrogens is 2. The summed E-state index contributed by atoms with van der Waals surface area (Å²) in [6.45, 7) is 0. The first-order valence-corrected chi connectivity index (χ1v) is 6.69. The van der Waals surface area contributed by atoms with Crippen LogP contribution in [-0.2, 0) is 6.18 Å². The molecule has 122 valence electrons. The van der Waals surface area contributed by atoms with Crippen LogP contribution in [0.25, 0.3) is 22.9 Å². The second-order valence-electron chi connectivity index (χ2n) is 4.87. The number of nitrogens with zero attached hydrogens (tertiary/aromatic N) is 2. The molecule has 5 nitrogen and oxygen atoms in total. The average molecular weight is 334 g/mol. The third kappa shape index (κ3) is 3.12. The molecule has 1 heterocycles. The van der Waals surface area contributed by atoms with Gasteiger partial charge >= 0.3 is 12.1 Å². The minimum atomic E-state index is -4.41. The van der Waals surface area contributed by atoms with Crippen LogP contribution in [-0.4, -0.2) is 21.3 Å². The monoisotopic (exact) mass is 334 g/mol. The summed E-state index contributed by atoms with van der Waals surface area (Å²) in [7, 11) is 0. The van der Waals surface area contributed by atoms with E-state index in [9.17, 15) is 18.0 Å². The lowest BCUT2D eigenvalue weighted by molar-refractivity contribution is -0.137. The number of alkyl halides is 3. The number of carboxylic acid groups (broad SMARTS) is 1. The number of carbonyl (C=O) groups is 1. The Balaban J connectivity index is 1.86. The van der Waals surface area contributed by atoms with E-state index in [1.807, 2.05) is 0 Å². The van der Waals surface area contributed by atoms with Crippen LogP contribution in [0.2, 0.25) is 0 Å². The fourth-order valence-corrected chi connectivity index (χ4v) is 2.01. The molecule has 0 radical (unpaired) electrons. The van der Waals surface area contributed by atoms with Gasteiger partial charge in [-0.3, -0.25) is 0 Å². The molecule has 0 aliphatic heterocycles. The summed E-state index contributed by atoms with van der Waals surface area (Å²) in [5.41, 5.74) is 0.200. The van der Waals surface area contributed by atoms with Crippen molar-refractivity contribution in [3.63, 3.8) is 0 Å². The van der Waals surface area contributed by atoms with E-state index < -0.39 is 17.7 Å². The van der Waals surface area contributed by atoms with Crippen molar-refractivity contribution < 1.29 is 27.5 Å². The second kappa shape index (κ2) is 5.80. The van der Waals surface area contributed by atoms with Crippen LogP contribution < -0.4 is 0 Å². The zero-order valence-corrected chi connectivity index (χ0v) is 11.9. The topological polar surface area (TPSA) is 76.2 Å². The number of rotatable bonds is 3. The van der Waals surface area contributed by atoms with Crippen LogP contribution in [0.3, 0.4) is 0 Å². The Morgan fingerprint density at radius 2 is 1.33 bits per heavy atom. The lowest BCUT2D eigenvalue weighted by Crippen LogP contribution is -2.03. The highest BCUT2D eigenvalue weighted by Crippen LogP contribution is 2.31. The first kappa shape index (κ1) is 15.7. The third-order valence-corrected chi connectivity index (χ3v) is 3.26. The molecule has 0 bridgehead atoms. The number of hydrogen-bond acceptors (Lipinski definition) is 4. The quantitative estimate of drug-likeness (QED) is 0.780. The Labute approximate surface area is 133 Å². The van der Waals surface area contributed by atoms with Gasteiger partial charge in [-0.25, -0.2) is 4.79 Å². The van der Waals surface area contributed by atoms with E-state index in [4.69, 9.17) is 9.52 Å². The molecule has 0 unspecified atom stereocenters. The number of carboxylic acids is 1. The molecule has 3 aromatic rings. The Kier molecular flexibility index (Phi) is 3.80. The van der Waals surface area contributed by atoms with E-state index in [0.29, 0.717) is 11.1 Å². The fourth-order valence-electron chi connectivity index (χ4n) is 2.01. The molecule has 1 N–H and O–H groups in total. The Morgan fingerprint density at radius 1 is 0.875 bits per heavy atom. The van der Waals surface area contributed by atoms with Crippen molar-refractivity contribution in [3.8, 4) is 22.9 Å². The van der Waals surface area contributed by atoms with E-state index in [1.54, 1.807) is 0 Å². The maximum Gasteiger partial charge on any atom is 0.416 e. The highest BCUT2D eigenvalue weighted by atomic mass is 19.4. The number of benzene rings is 2. The SMILES string of the molecule is O=C(O)c1ccc(-c2nnc(-c3ccc(C(F)(F)F)cc3)o2)cc1. The van der Waals surface area contributed by atoms with Crippen LogP contribution in [0.4, 0.5) is 13.2 Å². The van der Waals surface area contributed by atoms with E-state index in [0.717, 1.165) is 12.1 Å². The van der Waals surface area contributed by atoms with Crippen molar-refractivity contribution >= 4 is 5.97 Å². The zero-order valence-electron chi connectivity index (χ0n) is 11.9. The van der Waals surface area contributed by atoms with Crippen molar-refractivity contribution in [2.45, 2.75) is 6.18 Å². The summed E-state index contributed by atoms with van der Waals surface area (Å²) < 4.78 is 43.1. The predicted molar refractivity (Wildman–Crippen MR) is 77.1 cm³/mol. The van der Waals surface area contributed by atoms with Gasteiger partial charge in [0.25, 0.3) is 0 Å². The minimum Gasteiger partial charge on any atom is -0.478 e. The molecule has 0 atom stereocenters. The molecule has 0 fully saturated rings. The summed E-state index contributed by atoms with van der Waals surface area (Å²) in [6.07, 6.45) is -4.41. The molecule has 0 amide bonds. The molecule has 1 aromatic heterocycles. The maximum absolute atomic E-state index is 12.5. The van der Waals surface area contributed by atoms with Gasteiger partial charge in [-0.05, 0) is 48.5 Å². The first-order chi connectivity index (χ1) is 11.3. The highest BCUT2D eigenvalue weighted by Gasteiger charge is 2.30. The normalized spacial score (nSPS) is 11.5. The molecule has 3 rings (SSSR count). The summed E-state index contributed by atoms with van der Waals surface area (Å²) in [4.78, 5) is 10.8. The molecule has 24 heavy (non-hydrogen) atoms. The molecule has 2 aromatic carbocycles. The third-order valence-electron chi connectivity index (χ3n) is 3.26. The summed E-state index contributed by atoms with van der Waals surface area (Å²) in [5, 5.41) is 16.5. The van der Waals surface area contributed by atoms with Crippen LogP contribution >= 0.6 is 0 Å². The molecule has 0 aliphatic rings. The van der Waals surface area contributed by atoms with Gasteiger partial charge < -0.3 is 9.52 Å².